The van der Waals surface area contributed by atoms with Gasteiger partial charge in [0.25, 0.3) is 5.91 Å². The molecule has 1 N–H and O–H groups in total. The first-order valence-corrected chi connectivity index (χ1v) is 9.85. The van der Waals surface area contributed by atoms with Gasteiger partial charge in [-0.25, -0.2) is 4.68 Å². The summed E-state index contributed by atoms with van der Waals surface area (Å²) in [5.74, 6) is 0.812. The first-order valence-electron chi connectivity index (χ1n) is 9.85. The van der Waals surface area contributed by atoms with E-state index in [9.17, 15) is 9.90 Å². The van der Waals surface area contributed by atoms with Gasteiger partial charge in [-0.1, -0.05) is 11.3 Å². The number of aromatic nitrogens is 3. The molecule has 1 aliphatic heterocycles. The SMILES string of the molecule is CCN(CC)C(=O)c1cn(C2CCCN(Cc3ccc(OC)cc3O)C2)nn1. The summed E-state index contributed by atoms with van der Waals surface area (Å²) in [6, 6.07) is 5.56. The molecule has 152 valence electrons. The number of aromatic hydroxyl groups is 1. The largest absolute Gasteiger partial charge is 0.507 e. The van der Waals surface area contributed by atoms with Gasteiger partial charge >= 0.3 is 0 Å². The molecular formula is C20H29N5O3. The molecule has 1 atom stereocenters. The Bertz CT molecular complexity index is 803. The van der Waals surface area contributed by atoms with Crippen molar-refractivity contribution >= 4 is 5.91 Å². The van der Waals surface area contributed by atoms with Crippen LogP contribution in [0.1, 0.15) is 48.8 Å². The highest BCUT2D eigenvalue weighted by Crippen LogP contribution is 2.27. The minimum atomic E-state index is -0.0768. The van der Waals surface area contributed by atoms with Crippen LogP contribution in [0.3, 0.4) is 0 Å². The van der Waals surface area contributed by atoms with Crippen LogP contribution in [0.15, 0.2) is 24.4 Å². The van der Waals surface area contributed by atoms with Crippen LogP contribution in [0.25, 0.3) is 0 Å². The molecule has 0 aliphatic carbocycles. The van der Waals surface area contributed by atoms with Crippen LogP contribution in [-0.4, -0.2) is 69.1 Å². The summed E-state index contributed by atoms with van der Waals surface area (Å²) in [5, 5.41) is 18.5. The molecule has 3 rings (SSSR count). The van der Waals surface area contributed by atoms with Gasteiger partial charge in [-0.3, -0.25) is 9.69 Å². The fraction of sp³-hybridized carbons (Fsp3) is 0.550. The fourth-order valence-corrected chi connectivity index (χ4v) is 3.66. The van der Waals surface area contributed by atoms with Gasteiger partial charge in [-0.15, -0.1) is 5.10 Å². The van der Waals surface area contributed by atoms with Crippen molar-refractivity contribution in [3.8, 4) is 11.5 Å². The summed E-state index contributed by atoms with van der Waals surface area (Å²) >= 11 is 0. The van der Waals surface area contributed by atoms with Crippen molar-refractivity contribution in [2.45, 2.75) is 39.3 Å². The molecule has 2 heterocycles. The third kappa shape index (κ3) is 4.44. The third-order valence-corrected chi connectivity index (χ3v) is 5.32. The lowest BCUT2D eigenvalue weighted by Gasteiger charge is -2.32. The number of piperidine rings is 1. The molecule has 28 heavy (non-hydrogen) atoms. The monoisotopic (exact) mass is 387 g/mol. The molecular weight excluding hydrogens is 358 g/mol. The lowest BCUT2D eigenvalue weighted by molar-refractivity contribution is 0.0767. The highest BCUT2D eigenvalue weighted by molar-refractivity contribution is 5.91. The topological polar surface area (TPSA) is 83.7 Å². The Morgan fingerprint density at radius 3 is 2.82 bits per heavy atom. The first-order chi connectivity index (χ1) is 13.5. The summed E-state index contributed by atoms with van der Waals surface area (Å²) in [7, 11) is 1.58. The van der Waals surface area contributed by atoms with E-state index in [0.717, 1.165) is 31.5 Å². The first kappa shape index (κ1) is 20.1. The predicted octanol–water partition coefficient (Wildman–Crippen LogP) is 2.31. The van der Waals surface area contributed by atoms with Gasteiger partial charge in [0.1, 0.15) is 11.5 Å². The summed E-state index contributed by atoms with van der Waals surface area (Å²) in [4.78, 5) is 16.5. The van der Waals surface area contributed by atoms with Gasteiger partial charge in [-0.05, 0) is 39.3 Å². The highest BCUT2D eigenvalue weighted by Gasteiger charge is 2.25. The lowest BCUT2D eigenvalue weighted by Crippen LogP contribution is -2.36. The van der Waals surface area contributed by atoms with E-state index < -0.39 is 0 Å². The van der Waals surface area contributed by atoms with E-state index in [2.05, 4.69) is 15.2 Å². The van der Waals surface area contributed by atoms with Crippen molar-refractivity contribution in [2.24, 2.45) is 0 Å². The number of amides is 1. The average Bonchev–Trinajstić information content (AvgIpc) is 3.21. The second kappa shape index (κ2) is 9.05. The van der Waals surface area contributed by atoms with E-state index in [0.29, 0.717) is 31.1 Å². The predicted molar refractivity (Wildman–Crippen MR) is 105 cm³/mol. The summed E-state index contributed by atoms with van der Waals surface area (Å²) in [5.41, 5.74) is 1.27. The molecule has 0 bridgehead atoms. The zero-order valence-corrected chi connectivity index (χ0v) is 16.8. The fourth-order valence-electron chi connectivity index (χ4n) is 3.66. The maximum atomic E-state index is 12.5. The van der Waals surface area contributed by atoms with E-state index in [1.165, 1.54) is 0 Å². The molecule has 8 heteroatoms. The van der Waals surface area contributed by atoms with E-state index >= 15 is 0 Å². The summed E-state index contributed by atoms with van der Waals surface area (Å²) < 4.78 is 6.96. The maximum Gasteiger partial charge on any atom is 0.276 e. The molecule has 1 amide bonds. The second-order valence-corrected chi connectivity index (χ2v) is 7.09. The van der Waals surface area contributed by atoms with Crippen LogP contribution >= 0.6 is 0 Å². The Kier molecular flexibility index (Phi) is 6.51. The molecule has 8 nitrogen and oxygen atoms in total. The third-order valence-electron chi connectivity index (χ3n) is 5.32. The van der Waals surface area contributed by atoms with Crippen LogP contribution in [-0.2, 0) is 6.54 Å². The Morgan fingerprint density at radius 1 is 1.36 bits per heavy atom. The molecule has 0 spiro atoms. The van der Waals surface area contributed by atoms with Gasteiger partial charge in [0.05, 0.1) is 19.3 Å². The van der Waals surface area contributed by atoms with E-state index in [1.54, 1.807) is 24.3 Å². The Morgan fingerprint density at radius 2 is 2.14 bits per heavy atom. The number of carbonyl (C=O) groups is 1. The number of benzene rings is 1. The number of phenolic OH excluding ortho intramolecular Hbond substituents is 1. The second-order valence-electron chi connectivity index (χ2n) is 7.09. The minimum Gasteiger partial charge on any atom is -0.507 e. The number of likely N-dealkylation sites (tertiary alicyclic amines) is 1. The van der Waals surface area contributed by atoms with Crippen molar-refractivity contribution in [1.82, 2.24) is 24.8 Å². The Balaban J connectivity index is 1.66. The smallest absolute Gasteiger partial charge is 0.276 e. The van der Waals surface area contributed by atoms with E-state index in [4.69, 9.17) is 4.74 Å². The minimum absolute atomic E-state index is 0.0768. The van der Waals surface area contributed by atoms with Gasteiger partial charge in [0.15, 0.2) is 5.69 Å². The van der Waals surface area contributed by atoms with Crippen LogP contribution in [0.4, 0.5) is 0 Å². The zero-order chi connectivity index (χ0) is 20.1. The summed E-state index contributed by atoms with van der Waals surface area (Å²) in [6.45, 7) is 7.65. The maximum absolute atomic E-state index is 12.5. The number of nitrogens with zero attached hydrogens (tertiary/aromatic N) is 5. The van der Waals surface area contributed by atoms with Crippen LogP contribution in [0.5, 0.6) is 11.5 Å². The van der Waals surface area contributed by atoms with Gasteiger partial charge < -0.3 is 14.7 Å². The normalized spacial score (nSPS) is 17.5. The standard InChI is InChI=1S/C20H29N5O3/c1-4-24(5-2)20(27)18-14-25(22-21-18)16-7-6-10-23(13-16)12-15-8-9-17(28-3)11-19(15)26/h8-9,11,14,16,26H,4-7,10,12-13H2,1-3H3. The number of hydrogen-bond acceptors (Lipinski definition) is 6. The van der Waals surface area contributed by atoms with Gasteiger partial charge in [0.2, 0.25) is 0 Å². The molecule has 1 fully saturated rings. The Labute approximate surface area is 165 Å². The molecule has 1 unspecified atom stereocenters. The van der Waals surface area contributed by atoms with Crippen LogP contribution in [0.2, 0.25) is 0 Å². The van der Waals surface area contributed by atoms with Crippen molar-refractivity contribution < 1.29 is 14.6 Å². The molecule has 1 aromatic carbocycles. The number of phenols is 1. The molecule has 1 saturated heterocycles. The van der Waals surface area contributed by atoms with Crippen molar-refractivity contribution in [3.05, 3.63) is 35.7 Å². The van der Waals surface area contributed by atoms with E-state index in [-0.39, 0.29) is 17.7 Å². The molecule has 2 aromatic rings. The number of methoxy groups -OCH3 is 1. The van der Waals surface area contributed by atoms with Gasteiger partial charge in [0, 0.05) is 37.8 Å². The number of carbonyl (C=O) groups excluding carboxylic acids is 1. The Hall–Kier alpha value is -2.61. The van der Waals surface area contributed by atoms with Crippen molar-refractivity contribution in [2.75, 3.05) is 33.3 Å². The quantitative estimate of drug-likeness (QED) is 0.785. The number of ether oxygens (including phenoxy) is 1. The molecule has 1 aliphatic rings. The molecule has 0 radical (unpaired) electrons. The number of hydrogen-bond donors (Lipinski definition) is 1. The molecule has 1 aromatic heterocycles. The van der Waals surface area contributed by atoms with Gasteiger partial charge in [-0.2, -0.15) is 0 Å². The van der Waals surface area contributed by atoms with Crippen LogP contribution < -0.4 is 4.74 Å². The highest BCUT2D eigenvalue weighted by atomic mass is 16.5. The van der Waals surface area contributed by atoms with E-state index in [1.807, 2.05) is 30.7 Å². The van der Waals surface area contributed by atoms with Crippen LogP contribution in [0, 0.1) is 0 Å². The van der Waals surface area contributed by atoms with Crippen molar-refractivity contribution in [3.63, 3.8) is 0 Å². The number of rotatable bonds is 7. The molecule has 0 saturated carbocycles. The zero-order valence-electron chi connectivity index (χ0n) is 16.8. The lowest BCUT2D eigenvalue weighted by atomic mass is 10.0. The average molecular weight is 387 g/mol. The van der Waals surface area contributed by atoms with Crippen molar-refractivity contribution in [1.29, 1.82) is 0 Å². The summed E-state index contributed by atoms with van der Waals surface area (Å²) in [6.07, 6.45) is 3.79.